The molecule has 0 radical (unpaired) electrons. The zero-order valence-electron chi connectivity index (χ0n) is 12.4. The largest absolute Gasteiger partial charge is 0.497 e. The molecule has 0 heterocycles. The Morgan fingerprint density at radius 1 is 1.05 bits per heavy atom. The van der Waals surface area contributed by atoms with Crippen LogP contribution in [-0.4, -0.2) is 31.5 Å². The molecule has 1 N–H and O–H groups in total. The van der Waals surface area contributed by atoms with Crippen molar-refractivity contribution < 1.29 is 23.7 Å². The van der Waals surface area contributed by atoms with E-state index in [1.165, 1.54) is 6.07 Å². The van der Waals surface area contributed by atoms with Gasteiger partial charge in [0.05, 0.1) is 20.3 Å². The average Bonchev–Trinajstić information content (AvgIpc) is 2.55. The third-order valence-corrected chi connectivity index (χ3v) is 3.01. The summed E-state index contributed by atoms with van der Waals surface area (Å²) in [7, 11) is 1.57. The quantitative estimate of drug-likeness (QED) is 0.815. The molecule has 0 spiro atoms. The van der Waals surface area contributed by atoms with Crippen LogP contribution in [0.3, 0.4) is 0 Å². The maximum Gasteiger partial charge on any atom is 0.128 e. The second-order valence-electron chi connectivity index (χ2n) is 4.75. The van der Waals surface area contributed by atoms with E-state index >= 15 is 0 Å². The van der Waals surface area contributed by atoms with Gasteiger partial charge in [-0.15, -0.1) is 0 Å². The van der Waals surface area contributed by atoms with Crippen molar-refractivity contribution >= 4 is 0 Å². The van der Waals surface area contributed by atoms with E-state index < -0.39 is 6.10 Å². The van der Waals surface area contributed by atoms with Crippen LogP contribution in [0, 0.1) is 5.82 Å². The molecule has 1 unspecified atom stereocenters. The van der Waals surface area contributed by atoms with Crippen molar-refractivity contribution in [3.05, 3.63) is 59.9 Å². The molecule has 0 aromatic heterocycles. The van der Waals surface area contributed by atoms with Crippen molar-refractivity contribution in [3.8, 4) is 11.5 Å². The monoisotopic (exact) mass is 306 g/mol. The fraction of sp³-hybridized carbons (Fsp3) is 0.294. The number of hydrogen-bond donors (Lipinski definition) is 1. The maximum absolute atomic E-state index is 13.4. The van der Waals surface area contributed by atoms with Gasteiger partial charge in [0.15, 0.2) is 0 Å². The van der Waals surface area contributed by atoms with Crippen molar-refractivity contribution in [2.45, 2.75) is 12.7 Å². The molecule has 0 aliphatic rings. The van der Waals surface area contributed by atoms with E-state index in [1.54, 1.807) is 49.6 Å². The predicted octanol–water partition coefficient (Wildman–Crippen LogP) is 2.79. The summed E-state index contributed by atoms with van der Waals surface area (Å²) in [5.74, 6) is 0.972. The smallest absolute Gasteiger partial charge is 0.128 e. The Morgan fingerprint density at radius 2 is 1.82 bits per heavy atom. The van der Waals surface area contributed by atoms with E-state index in [-0.39, 0.29) is 25.6 Å². The third-order valence-electron chi connectivity index (χ3n) is 3.01. The topological polar surface area (TPSA) is 47.9 Å². The molecule has 118 valence electrons. The Kier molecular flexibility index (Phi) is 6.18. The van der Waals surface area contributed by atoms with E-state index in [1.807, 2.05) is 0 Å². The number of benzene rings is 2. The molecule has 2 aromatic carbocycles. The second kappa shape index (κ2) is 8.36. The van der Waals surface area contributed by atoms with Gasteiger partial charge >= 0.3 is 0 Å². The van der Waals surface area contributed by atoms with Crippen molar-refractivity contribution in [2.75, 3.05) is 20.3 Å². The molecule has 0 amide bonds. The molecular weight excluding hydrogens is 287 g/mol. The second-order valence-corrected chi connectivity index (χ2v) is 4.75. The first-order valence-corrected chi connectivity index (χ1v) is 6.95. The first kappa shape index (κ1) is 16.3. The van der Waals surface area contributed by atoms with E-state index in [0.717, 1.165) is 0 Å². The van der Waals surface area contributed by atoms with Crippen LogP contribution < -0.4 is 9.47 Å². The molecule has 0 aliphatic heterocycles. The summed E-state index contributed by atoms with van der Waals surface area (Å²) in [6, 6.07) is 13.5. The van der Waals surface area contributed by atoms with Crippen LogP contribution in [0.2, 0.25) is 0 Å². The van der Waals surface area contributed by atoms with Gasteiger partial charge in [-0.3, -0.25) is 0 Å². The van der Waals surface area contributed by atoms with Gasteiger partial charge < -0.3 is 19.3 Å². The normalized spacial score (nSPS) is 12.0. The summed E-state index contributed by atoms with van der Waals surface area (Å²) in [4.78, 5) is 0. The van der Waals surface area contributed by atoms with Crippen LogP contribution in [-0.2, 0) is 11.3 Å². The number of aliphatic hydroxyl groups excluding tert-OH is 1. The van der Waals surface area contributed by atoms with Gasteiger partial charge in [0.2, 0.25) is 0 Å². The van der Waals surface area contributed by atoms with Crippen LogP contribution in [0.25, 0.3) is 0 Å². The molecule has 2 aromatic rings. The van der Waals surface area contributed by atoms with Gasteiger partial charge in [-0.2, -0.15) is 0 Å². The molecule has 2 rings (SSSR count). The number of ether oxygens (including phenoxy) is 3. The minimum Gasteiger partial charge on any atom is -0.497 e. The third kappa shape index (κ3) is 5.02. The summed E-state index contributed by atoms with van der Waals surface area (Å²) >= 11 is 0. The molecule has 4 nitrogen and oxygen atoms in total. The summed E-state index contributed by atoms with van der Waals surface area (Å²) in [5, 5.41) is 9.81. The highest BCUT2D eigenvalue weighted by molar-refractivity contribution is 5.32. The predicted molar refractivity (Wildman–Crippen MR) is 80.6 cm³/mol. The molecule has 0 saturated carbocycles. The number of halogens is 1. The van der Waals surface area contributed by atoms with Gasteiger partial charge in [0.25, 0.3) is 0 Å². The van der Waals surface area contributed by atoms with Crippen LogP contribution in [0.1, 0.15) is 5.56 Å². The highest BCUT2D eigenvalue weighted by Crippen LogP contribution is 2.18. The molecule has 22 heavy (non-hydrogen) atoms. The Balaban J connectivity index is 1.71. The lowest BCUT2D eigenvalue weighted by Gasteiger charge is -2.13. The summed E-state index contributed by atoms with van der Waals surface area (Å²) in [6.45, 7) is 0.269. The average molecular weight is 306 g/mol. The molecule has 5 heteroatoms. The van der Waals surface area contributed by atoms with Crippen LogP contribution in [0.5, 0.6) is 11.5 Å². The summed E-state index contributed by atoms with van der Waals surface area (Å²) < 4.78 is 29.2. The van der Waals surface area contributed by atoms with E-state index in [0.29, 0.717) is 17.1 Å². The Bertz CT molecular complexity index is 588. The fourth-order valence-corrected chi connectivity index (χ4v) is 1.85. The van der Waals surface area contributed by atoms with Crippen LogP contribution >= 0.6 is 0 Å². The van der Waals surface area contributed by atoms with Crippen molar-refractivity contribution in [1.82, 2.24) is 0 Å². The minimum absolute atomic E-state index is 0.0678. The zero-order valence-corrected chi connectivity index (χ0v) is 12.4. The molecular formula is C17H19FO4. The van der Waals surface area contributed by atoms with Crippen LogP contribution in [0.4, 0.5) is 4.39 Å². The highest BCUT2D eigenvalue weighted by atomic mass is 19.1. The van der Waals surface area contributed by atoms with E-state index in [9.17, 15) is 9.50 Å². The van der Waals surface area contributed by atoms with E-state index in [2.05, 4.69) is 0 Å². The number of methoxy groups -OCH3 is 1. The Labute approximate surface area is 129 Å². The highest BCUT2D eigenvalue weighted by Gasteiger charge is 2.07. The molecule has 0 bridgehead atoms. The Morgan fingerprint density at radius 3 is 2.59 bits per heavy atom. The zero-order chi connectivity index (χ0) is 15.8. The van der Waals surface area contributed by atoms with Gasteiger partial charge in [0, 0.05) is 11.6 Å². The molecule has 0 aliphatic carbocycles. The summed E-state index contributed by atoms with van der Waals surface area (Å²) in [6.07, 6.45) is -0.794. The SMILES string of the molecule is COc1cccc(OCC(O)COCc2ccccc2F)c1. The maximum atomic E-state index is 13.4. The fourth-order valence-electron chi connectivity index (χ4n) is 1.85. The lowest BCUT2D eigenvalue weighted by molar-refractivity contribution is 0.00473. The lowest BCUT2D eigenvalue weighted by Crippen LogP contribution is -2.23. The number of hydrogen-bond acceptors (Lipinski definition) is 4. The van der Waals surface area contributed by atoms with Gasteiger partial charge in [-0.1, -0.05) is 24.3 Å². The number of aliphatic hydroxyl groups is 1. The molecule has 1 atom stereocenters. The molecule has 0 saturated heterocycles. The van der Waals surface area contributed by atoms with Crippen molar-refractivity contribution in [1.29, 1.82) is 0 Å². The lowest BCUT2D eigenvalue weighted by atomic mass is 10.2. The first-order valence-electron chi connectivity index (χ1n) is 6.95. The Hall–Kier alpha value is -2.11. The van der Waals surface area contributed by atoms with Crippen molar-refractivity contribution in [2.24, 2.45) is 0 Å². The standard InChI is InChI=1S/C17H19FO4/c1-20-15-6-4-7-16(9-15)22-12-14(19)11-21-10-13-5-2-3-8-17(13)18/h2-9,14,19H,10-12H2,1H3. The minimum atomic E-state index is -0.794. The van der Waals surface area contributed by atoms with Crippen LogP contribution in [0.15, 0.2) is 48.5 Å². The summed E-state index contributed by atoms with van der Waals surface area (Å²) in [5.41, 5.74) is 0.461. The first-order chi connectivity index (χ1) is 10.7. The number of rotatable bonds is 8. The van der Waals surface area contributed by atoms with Gasteiger partial charge in [-0.25, -0.2) is 4.39 Å². The van der Waals surface area contributed by atoms with Gasteiger partial charge in [-0.05, 0) is 18.2 Å². The van der Waals surface area contributed by atoms with Crippen molar-refractivity contribution in [3.63, 3.8) is 0 Å². The molecule has 0 fully saturated rings. The van der Waals surface area contributed by atoms with Gasteiger partial charge in [0.1, 0.15) is 30.0 Å². The van der Waals surface area contributed by atoms with E-state index in [4.69, 9.17) is 14.2 Å².